The van der Waals surface area contributed by atoms with Crippen molar-refractivity contribution in [2.24, 2.45) is 0 Å². The number of hydrogen-bond donors (Lipinski definition) is 0. The van der Waals surface area contributed by atoms with Crippen molar-refractivity contribution in [1.82, 2.24) is 0 Å². The van der Waals surface area contributed by atoms with Gasteiger partial charge in [0.2, 0.25) is 0 Å². The number of hydrogen-bond acceptors (Lipinski definition) is 0. The first-order chi connectivity index (χ1) is 7.59. The van der Waals surface area contributed by atoms with Crippen LogP contribution in [-0.2, 0) is 0 Å². The molecule has 0 aliphatic heterocycles. The molecule has 0 nitrogen and oxygen atoms in total. The van der Waals surface area contributed by atoms with Gasteiger partial charge in [-0.25, -0.2) is 0 Å². The van der Waals surface area contributed by atoms with Gasteiger partial charge < -0.3 is 0 Å². The zero-order chi connectivity index (χ0) is 11.7. The van der Waals surface area contributed by atoms with Crippen LogP contribution in [-0.4, -0.2) is 0 Å². The normalized spacial score (nSPS) is 10.5. The number of rotatable bonds is 1. The second-order valence-electron chi connectivity index (χ2n) is 3.90. The van der Waals surface area contributed by atoms with Gasteiger partial charge in [-0.1, -0.05) is 35.9 Å². The Morgan fingerprint density at radius 2 is 1.62 bits per heavy atom. The van der Waals surface area contributed by atoms with E-state index in [-0.39, 0.29) is 0 Å². The predicted octanol–water partition coefficient (Wildman–Crippen LogP) is 5.39. The quantitative estimate of drug-likeness (QED) is 0.662. The van der Waals surface area contributed by atoms with Crippen molar-refractivity contribution in [3.05, 3.63) is 57.0 Å². The molecule has 0 aliphatic rings. The Balaban J connectivity index is 2.63. The zero-order valence-corrected chi connectivity index (χ0v) is 11.6. The van der Waals surface area contributed by atoms with E-state index in [1.807, 2.05) is 6.07 Å². The fraction of sp³-hybridized carbons (Fsp3) is 0.143. The van der Waals surface area contributed by atoms with Crippen molar-refractivity contribution in [3.63, 3.8) is 0 Å². The lowest BCUT2D eigenvalue weighted by Crippen LogP contribution is -1.87. The third-order valence-electron chi connectivity index (χ3n) is 2.69. The van der Waals surface area contributed by atoms with E-state index in [4.69, 9.17) is 11.6 Å². The number of benzene rings is 2. The van der Waals surface area contributed by atoms with Gasteiger partial charge in [0.05, 0.1) is 5.02 Å². The summed E-state index contributed by atoms with van der Waals surface area (Å²) in [5.41, 5.74) is 5.06. The molecule has 0 amide bonds. The highest BCUT2D eigenvalue weighted by Crippen LogP contribution is 2.32. The van der Waals surface area contributed by atoms with Crippen molar-refractivity contribution in [3.8, 4) is 11.1 Å². The fourth-order valence-corrected chi connectivity index (χ4v) is 2.42. The fourth-order valence-electron chi connectivity index (χ4n) is 1.92. The standard InChI is InChI=1S/C14H12BrCl/c1-9-4-3-5-10(2)14(9)11-6-7-13(16)12(15)8-11/h3-8H,1-2H3. The van der Waals surface area contributed by atoms with Gasteiger partial charge in [-0.05, 0) is 64.2 Å². The molecule has 16 heavy (non-hydrogen) atoms. The summed E-state index contributed by atoms with van der Waals surface area (Å²) in [6, 6.07) is 12.4. The van der Waals surface area contributed by atoms with E-state index in [2.05, 4.69) is 60.1 Å². The molecule has 0 aromatic heterocycles. The number of halogens is 2. The lowest BCUT2D eigenvalue weighted by atomic mass is 9.96. The van der Waals surface area contributed by atoms with Crippen LogP contribution in [0.5, 0.6) is 0 Å². The first kappa shape index (κ1) is 11.7. The minimum atomic E-state index is 0.745. The van der Waals surface area contributed by atoms with Gasteiger partial charge in [-0.3, -0.25) is 0 Å². The Morgan fingerprint density at radius 1 is 1.00 bits per heavy atom. The molecule has 82 valence electrons. The van der Waals surface area contributed by atoms with Crippen LogP contribution in [0.1, 0.15) is 11.1 Å². The van der Waals surface area contributed by atoms with Gasteiger partial charge in [0.15, 0.2) is 0 Å². The maximum absolute atomic E-state index is 6.00. The van der Waals surface area contributed by atoms with Crippen LogP contribution in [0.3, 0.4) is 0 Å². The molecule has 0 radical (unpaired) electrons. The molecule has 0 fully saturated rings. The molecule has 2 heteroatoms. The summed E-state index contributed by atoms with van der Waals surface area (Å²) in [6.07, 6.45) is 0. The largest absolute Gasteiger partial charge is 0.0831 e. The average molecular weight is 296 g/mol. The Bertz CT molecular complexity index is 512. The average Bonchev–Trinajstić information content (AvgIpc) is 2.23. The summed E-state index contributed by atoms with van der Waals surface area (Å²) in [4.78, 5) is 0. The summed E-state index contributed by atoms with van der Waals surface area (Å²) < 4.78 is 0.939. The zero-order valence-electron chi connectivity index (χ0n) is 9.22. The van der Waals surface area contributed by atoms with Crippen LogP contribution in [0.2, 0.25) is 5.02 Å². The molecule has 0 atom stereocenters. The molecule has 0 bridgehead atoms. The second kappa shape index (κ2) is 4.60. The van der Waals surface area contributed by atoms with Crippen LogP contribution in [0, 0.1) is 13.8 Å². The SMILES string of the molecule is Cc1cccc(C)c1-c1ccc(Cl)c(Br)c1. The van der Waals surface area contributed by atoms with Gasteiger partial charge in [-0.15, -0.1) is 0 Å². The molecule has 2 rings (SSSR count). The molecular formula is C14H12BrCl. The molecule has 0 saturated carbocycles. The highest BCUT2D eigenvalue weighted by molar-refractivity contribution is 9.10. The Labute approximate surface area is 109 Å². The molecule has 2 aromatic rings. The van der Waals surface area contributed by atoms with Crippen LogP contribution < -0.4 is 0 Å². The van der Waals surface area contributed by atoms with Crippen LogP contribution in [0.4, 0.5) is 0 Å². The lowest BCUT2D eigenvalue weighted by molar-refractivity contribution is 1.38. The van der Waals surface area contributed by atoms with Crippen molar-refractivity contribution in [1.29, 1.82) is 0 Å². The van der Waals surface area contributed by atoms with Crippen LogP contribution in [0.15, 0.2) is 40.9 Å². The third kappa shape index (κ3) is 2.16. The Morgan fingerprint density at radius 3 is 2.19 bits per heavy atom. The molecule has 0 N–H and O–H groups in total. The summed E-state index contributed by atoms with van der Waals surface area (Å²) in [5.74, 6) is 0. The van der Waals surface area contributed by atoms with Gasteiger partial charge in [0.25, 0.3) is 0 Å². The van der Waals surface area contributed by atoms with E-state index in [1.54, 1.807) is 0 Å². The highest BCUT2D eigenvalue weighted by Gasteiger charge is 2.06. The van der Waals surface area contributed by atoms with E-state index >= 15 is 0 Å². The molecule has 0 unspecified atom stereocenters. The molecule has 0 heterocycles. The highest BCUT2D eigenvalue weighted by atomic mass is 79.9. The summed E-state index contributed by atoms with van der Waals surface area (Å²) in [6.45, 7) is 4.26. The molecule has 2 aromatic carbocycles. The molecule has 0 spiro atoms. The van der Waals surface area contributed by atoms with E-state index < -0.39 is 0 Å². The van der Waals surface area contributed by atoms with Gasteiger partial charge in [0.1, 0.15) is 0 Å². The topological polar surface area (TPSA) is 0 Å². The maximum atomic E-state index is 6.00. The van der Waals surface area contributed by atoms with Crippen molar-refractivity contribution in [2.45, 2.75) is 13.8 Å². The van der Waals surface area contributed by atoms with E-state index in [0.717, 1.165) is 9.50 Å². The van der Waals surface area contributed by atoms with Gasteiger partial charge >= 0.3 is 0 Å². The van der Waals surface area contributed by atoms with Crippen molar-refractivity contribution >= 4 is 27.5 Å². The Kier molecular flexibility index (Phi) is 3.36. The molecular weight excluding hydrogens is 284 g/mol. The van der Waals surface area contributed by atoms with Crippen LogP contribution in [0.25, 0.3) is 11.1 Å². The minimum Gasteiger partial charge on any atom is -0.0831 e. The minimum absolute atomic E-state index is 0.745. The van der Waals surface area contributed by atoms with Crippen molar-refractivity contribution < 1.29 is 0 Å². The number of aryl methyl sites for hydroxylation is 2. The Hall–Kier alpha value is -0.790. The summed E-state index contributed by atoms with van der Waals surface area (Å²) in [7, 11) is 0. The van der Waals surface area contributed by atoms with Gasteiger partial charge in [0, 0.05) is 4.47 Å². The maximum Gasteiger partial charge on any atom is 0.0548 e. The second-order valence-corrected chi connectivity index (χ2v) is 5.16. The molecule has 0 saturated heterocycles. The first-order valence-corrected chi connectivity index (χ1v) is 6.28. The predicted molar refractivity (Wildman–Crippen MR) is 74.1 cm³/mol. The lowest BCUT2D eigenvalue weighted by Gasteiger charge is -2.10. The molecule has 0 aliphatic carbocycles. The van der Waals surface area contributed by atoms with E-state index in [9.17, 15) is 0 Å². The smallest absolute Gasteiger partial charge is 0.0548 e. The summed E-state index contributed by atoms with van der Waals surface area (Å²) >= 11 is 9.46. The van der Waals surface area contributed by atoms with Gasteiger partial charge in [-0.2, -0.15) is 0 Å². The van der Waals surface area contributed by atoms with E-state index in [1.165, 1.54) is 22.3 Å². The summed E-state index contributed by atoms with van der Waals surface area (Å²) in [5, 5.41) is 0.745. The van der Waals surface area contributed by atoms with Crippen LogP contribution >= 0.6 is 27.5 Å². The van der Waals surface area contributed by atoms with Crippen molar-refractivity contribution in [2.75, 3.05) is 0 Å². The monoisotopic (exact) mass is 294 g/mol. The van der Waals surface area contributed by atoms with E-state index in [0.29, 0.717) is 0 Å². The third-order valence-corrected chi connectivity index (χ3v) is 3.90. The first-order valence-electron chi connectivity index (χ1n) is 5.11.